The number of anilines is 1. The number of nitriles is 1. The average molecular weight is 409 g/mol. The Morgan fingerprint density at radius 1 is 0.933 bits per heavy atom. The minimum Gasteiger partial charge on any atom is -0.436 e. The van der Waals surface area contributed by atoms with Crippen molar-refractivity contribution in [2.75, 3.05) is 18.0 Å². The Kier molecular flexibility index (Phi) is 6.48. The number of hydrogen-bond donors (Lipinski definition) is 0. The highest BCUT2D eigenvalue weighted by Gasteiger charge is 2.21. The predicted molar refractivity (Wildman–Crippen MR) is 110 cm³/mol. The third-order valence-corrected chi connectivity index (χ3v) is 4.58. The van der Waals surface area contributed by atoms with E-state index in [2.05, 4.69) is 9.88 Å². The molecule has 0 aliphatic rings. The number of pyridine rings is 1. The van der Waals surface area contributed by atoms with E-state index in [-0.39, 0.29) is 11.3 Å². The lowest BCUT2D eigenvalue weighted by molar-refractivity contribution is 0.373. The summed E-state index contributed by atoms with van der Waals surface area (Å²) < 4.78 is 40.3. The molecule has 7 heteroatoms. The van der Waals surface area contributed by atoms with Crippen LogP contribution in [-0.2, 0) is 0 Å². The second-order valence-electron chi connectivity index (χ2n) is 6.49. The highest BCUT2D eigenvalue weighted by atomic mass is 19.1. The quantitative estimate of drug-likeness (QED) is 0.481. The van der Waals surface area contributed by atoms with Crippen LogP contribution in [0.25, 0.3) is 0 Å². The molecule has 1 heterocycles. The van der Waals surface area contributed by atoms with Crippen LogP contribution in [0.2, 0.25) is 0 Å². The SMILES string of the molecule is CCN(CC)c1cccc(Oc2nc(Oc3cccc(C#N)c3)c(F)c(C)c2F)c1. The lowest BCUT2D eigenvalue weighted by Gasteiger charge is -2.21. The zero-order valence-electron chi connectivity index (χ0n) is 16.9. The molecule has 30 heavy (non-hydrogen) atoms. The first-order valence-corrected chi connectivity index (χ1v) is 9.53. The molecule has 2 aromatic carbocycles. The third kappa shape index (κ3) is 4.49. The average Bonchev–Trinajstić information content (AvgIpc) is 2.77. The second-order valence-corrected chi connectivity index (χ2v) is 6.49. The maximum Gasteiger partial charge on any atom is 0.259 e. The van der Waals surface area contributed by atoms with E-state index in [1.54, 1.807) is 36.4 Å². The van der Waals surface area contributed by atoms with E-state index >= 15 is 0 Å². The van der Waals surface area contributed by atoms with Gasteiger partial charge in [0.2, 0.25) is 0 Å². The van der Waals surface area contributed by atoms with Gasteiger partial charge in [-0.3, -0.25) is 0 Å². The predicted octanol–water partition coefficient (Wildman–Crippen LogP) is 5.97. The topological polar surface area (TPSA) is 58.4 Å². The molecule has 0 bridgehead atoms. The molecule has 0 spiro atoms. The van der Waals surface area contributed by atoms with Crippen LogP contribution in [0.15, 0.2) is 48.5 Å². The number of benzene rings is 2. The fraction of sp³-hybridized carbons (Fsp3) is 0.217. The summed E-state index contributed by atoms with van der Waals surface area (Å²) in [4.78, 5) is 6.02. The van der Waals surface area contributed by atoms with Crippen LogP contribution in [0.4, 0.5) is 14.5 Å². The smallest absolute Gasteiger partial charge is 0.259 e. The Labute approximate surface area is 174 Å². The van der Waals surface area contributed by atoms with Crippen LogP contribution < -0.4 is 14.4 Å². The molecule has 0 radical (unpaired) electrons. The summed E-state index contributed by atoms with van der Waals surface area (Å²) in [6.45, 7) is 6.97. The minimum absolute atomic E-state index is 0.209. The summed E-state index contributed by atoms with van der Waals surface area (Å²) in [5, 5.41) is 9.00. The molecule has 0 atom stereocenters. The number of nitrogens with zero attached hydrogens (tertiary/aromatic N) is 3. The maximum atomic E-state index is 14.6. The maximum absolute atomic E-state index is 14.6. The number of aromatic nitrogens is 1. The molecular weight excluding hydrogens is 388 g/mol. The standard InChI is InChI=1S/C23H21F2N3O2/c1-4-28(5-2)17-9-7-11-19(13-17)30-23-21(25)15(3)20(24)22(27-23)29-18-10-6-8-16(12-18)14-26/h6-13H,4-5H2,1-3H3. The van der Waals surface area contributed by atoms with Gasteiger partial charge in [0.25, 0.3) is 11.8 Å². The van der Waals surface area contributed by atoms with E-state index in [1.165, 1.54) is 13.0 Å². The van der Waals surface area contributed by atoms with Crippen LogP contribution in [0.5, 0.6) is 23.3 Å². The first-order valence-electron chi connectivity index (χ1n) is 9.53. The first kappa shape index (κ1) is 21.1. The molecule has 0 saturated carbocycles. The first-order chi connectivity index (χ1) is 14.5. The molecule has 0 amide bonds. The van der Waals surface area contributed by atoms with Gasteiger partial charge in [-0.1, -0.05) is 12.1 Å². The van der Waals surface area contributed by atoms with Crippen molar-refractivity contribution >= 4 is 5.69 Å². The molecule has 0 aliphatic heterocycles. The summed E-state index contributed by atoms with van der Waals surface area (Å²) in [6, 6.07) is 15.3. The second kappa shape index (κ2) is 9.23. The van der Waals surface area contributed by atoms with Crippen molar-refractivity contribution in [3.05, 3.63) is 71.3 Å². The Hall–Kier alpha value is -3.66. The van der Waals surface area contributed by atoms with Gasteiger partial charge in [-0.2, -0.15) is 10.2 Å². The van der Waals surface area contributed by atoms with E-state index in [9.17, 15) is 8.78 Å². The van der Waals surface area contributed by atoms with Gasteiger partial charge >= 0.3 is 0 Å². The van der Waals surface area contributed by atoms with E-state index in [0.29, 0.717) is 11.3 Å². The molecular formula is C23H21F2N3O2. The fourth-order valence-corrected chi connectivity index (χ4v) is 2.93. The highest BCUT2D eigenvalue weighted by molar-refractivity contribution is 5.51. The monoisotopic (exact) mass is 409 g/mol. The van der Waals surface area contributed by atoms with Crippen LogP contribution in [0.1, 0.15) is 25.0 Å². The molecule has 3 rings (SSSR count). The van der Waals surface area contributed by atoms with Gasteiger partial charge in [0.1, 0.15) is 11.5 Å². The molecule has 3 aromatic rings. The van der Waals surface area contributed by atoms with E-state index in [4.69, 9.17) is 14.7 Å². The molecule has 154 valence electrons. The van der Waals surface area contributed by atoms with Gasteiger partial charge in [-0.25, -0.2) is 8.78 Å². The molecule has 1 aromatic heterocycles. The summed E-state index contributed by atoms with van der Waals surface area (Å²) in [6.07, 6.45) is 0. The van der Waals surface area contributed by atoms with Gasteiger partial charge in [-0.15, -0.1) is 0 Å². The molecule has 5 nitrogen and oxygen atoms in total. The molecule has 0 N–H and O–H groups in total. The summed E-state index contributed by atoms with van der Waals surface area (Å²) in [5.74, 6) is -2.08. The Bertz CT molecular complexity index is 1090. The fourth-order valence-electron chi connectivity index (χ4n) is 2.93. The van der Waals surface area contributed by atoms with E-state index in [1.807, 2.05) is 26.0 Å². The van der Waals surface area contributed by atoms with E-state index < -0.39 is 23.4 Å². The third-order valence-electron chi connectivity index (χ3n) is 4.58. The summed E-state index contributed by atoms with van der Waals surface area (Å²) >= 11 is 0. The zero-order valence-corrected chi connectivity index (χ0v) is 16.9. The normalized spacial score (nSPS) is 10.4. The number of rotatable bonds is 7. The van der Waals surface area contributed by atoms with Crippen LogP contribution >= 0.6 is 0 Å². The zero-order chi connectivity index (χ0) is 21.7. The van der Waals surface area contributed by atoms with Crippen molar-refractivity contribution in [3.63, 3.8) is 0 Å². The van der Waals surface area contributed by atoms with Crippen molar-refractivity contribution in [2.45, 2.75) is 20.8 Å². The molecule has 0 aliphatic carbocycles. The number of halogens is 2. The van der Waals surface area contributed by atoms with Crippen molar-refractivity contribution in [1.82, 2.24) is 4.98 Å². The lowest BCUT2D eigenvalue weighted by atomic mass is 10.2. The largest absolute Gasteiger partial charge is 0.436 e. The van der Waals surface area contributed by atoms with Gasteiger partial charge in [0.15, 0.2) is 11.6 Å². The molecule has 0 unspecified atom stereocenters. The Morgan fingerprint density at radius 3 is 2.07 bits per heavy atom. The number of hydrogen-bond acceptors (Lipinski definition) is 5. The molecule has 0 saturated heterocycles. The van der Waals surface area contributed by atoms with Crippen LogP contribution in [-0.4, -0.2) is 18.1 Å². The van der Waals surface area contributed by atoms with Crippen molar-refractivity contribution in [1.29, 1.82) is 5.26 Å². The van der Waals surface area contributed by atoms with Crippen molar-refractivity contribution < 1.29 is 18.3 Å². The van der Waals surface area contributed by atoms with Gasteiger partial charge in [0.05, 0.1) is 11.6 Å². The van der Waals surface area contributed by atoms with Gasteiger partial charge in [0, 0.05) is 30.4 Å². The summed E-state index contributed by atoms with van der Waals surface area (Å²) in [5.41, 5.74) is 0.990. The van der Waals surface area contributed by atoms with Gasteiger partial charge in [-0.05, 0) is 51.1 Å². The van der Waals surface area contributed by atoms with Gasteiger partial charge < -0.3 is 14.4 Å². The van der Waals surface area contributed by atoms with Crippen molar-refractivity contribution in [2.24, 2.45) is 0 Å². The highest BCUT2D eigenvalue weighted by Crippen LogP contribution is 2.33. The lowest BCUT2D eigenvalue weighted by Crippen LogP contribution is -2.21. The Balaban J connectivity index is 1.94. The van der Waals surface area contributed by atoms with E-state index in [0.717, 1.165) is 18.8 Å². The van der Waals surface area contributed by atoms with Crippen LogP contribution in [0.3, 0.4) is 0 Å². The van der Waals surface area contributed by atoms with Crippen molar-refractivity contribution in [3.8, 4) is 29.3 Å². The Morgan fingerprint density at radius 2 is 1.50 bits per heavy atom. The number of ether oxygens (including phenoxy) is 2. The van der Waals surface area contributed by atoms with Crippen LogP contribution in [0, 0.1) is 29.9 Å². The molecule has 0 fully saturated rings. The minimum atomic E-state index is -0.931. The summed E-state index contributed by atoms with van der Waals surface area (Å²) in [7, 11) is 0.